The quantitative estimate of drug-likeness (QED) is 0.524. The second-order valence-corrected chi connectivity index (χ2v) is 6.30. The molecule has 0 fully saturated rings. The minimum absolute atomic E-state index is 0.0118. The molecule has 1 atom stereocenters. The average Bonchev–Trinajstić information content (AvgIpc) is 2.64. The van der Waals surface area contributed by atoms with Gasteiger partial charge in [-0.2, -0.15) is 11.8 Å². The first-order valence-corrected chi connectivity index (χ1v) is 9.33. The molecule has 26 heavy (non-hydrogen) atoms. The Morgan fingerprint density at radius 3 is 2.46 bits per heavy atom. The summed E-state index contributed by atoms with van der Waals surface area (Å²) in [5, 5.41) is 14.2. The number of hydrogen-bond acceptors (Lipinski definition) is 6. The highest BCUT2D eigenvalue weighted by molar-refractivity contribution is 7.98. The number of methoxy groups -OCH3 is 2. The van der Waals surface area contributed by atoms with Crippen molar-refractivity contribution < 1.29 is 29.0 Å². The molecule has 0 aliphatic heterocycles. The van der Waals surface area contributed by atoms with Crippen molar-refractivity contribution in [2.24, 2.45) is 0 Å². The van der Waals surface area contributed by atoms with E-state index in [9.17, 15) is 14.4 Å². The highest BCUT2D eigenvalue weighted by Crippen LogP contribution is 2.27. The molecular weight excluding hydrogens is 360 g/mol. The Morgan fingerprint density at radius 1 is 1.19 bits per heavy atom. The van der Waals surface area contributed by atoms with E-state index in [2.05, 4.69) is 10.6 Å². The third-order valence-corrected chi connectivity index (χ3v) is 4.17. The van der Waals surface area contributed by atoms with Crippen LogP contribution in [0.4, 0.5) is 0 Å². The number of ether oxygens (including phenoxy) is 2. The van der Waals surface area contributed by atoms with E-state index in [1.165, 1.54) is 32.0 Å². The monoisotopic (exact) mass is 384 g/mol. The minimum Gasteiger partial charge on any atom is -0.493 e. The van der Waals surface area contributed by atoms with E-state index in [1.807, 2.05) is 6.26 Å². The molecule has 0 heterocycles. The van der Waals surface area contributed by atoms with Gasteiger partial charge < -0.3 is 25.2 Å². The summed E-state index contributed by atoms with van der Waals surface area (Å²) in [5.41, 5.74) is 0.367. The lowest BCUT2D eigenvalue weighted by atomic mass is 10.2. The number of carboxylic acid groups (broad SMARTS) is 1. The highest BCUT2D eigenvalue weighted by atomic mass is 32.2. The van der Waals surface area contributed by atoms with Crippen molar-refractivity contribution in [3.8, 4) is 11.5 Å². The van der Waals surface area contributed by atoms with Gasteiger partial charge in [0.1, 0.15) is 6.04 Å². The maximum Gasteiger partial charge on any atom is 0.326 e. The summed E-state index contributed by atoms with van der Waals surface area (Å²) in [6.45, 7) is 0.0911. The first-order chi connectivity index (χ1) is 12.4. The Morgan fingerprint density at radius 2 is 1.88 bits per heavy atom. The van der Waals surface area contributed by atoms with Crippen molar-refractivity contribution in [1.82, 2.24) is 10.6 Å². The molecule has 0 bridgehead atoms. The number of hydrogen-bond donors (Lipinski definition) is 3. The van der Waals surface area contributed by atoms with Gasteiger partial charge in [0.15, 0.2) is 11.5 Å². The van der Waals surface area contributed by atoms with Crippen molar-refractivity contribution >= 4 is 29.5 Å². The molecule has 3 N–H and O–H groups in total. The summed E-state index contributed by atoms with van der Waals surface area (Å²) in [4.78, 5) is 35.1. The van der Waals surface area contributed by atoms with Gasteiger partial charge in [0, 0.05) is 18.5 Å². The molecular formula is C17H24N2O6S. The van der Waals surface area contributed by atoms with E-state index in [-0.39, 0.29) is 18.9 Å². The summed E-state index contributed by atoms with van der Waals surface area (Å²) in [7, 11) is 2.97. The number of aliphatic carboxylic acids is 1. The van der Waals surface area contributed by atoms with Crippen molar-refractivity contribution in [1.29, 1.82) is 0 Å². The Kier molecular flexibility index (Phi) is 9.35. The largest absolute Gasteiger partial charge is 0.493 e. The molecule has 0 unspecified atom stereocenters. The number of benzene rings is 1. The summed E-state index contributed by atoms with van der Waals surface area (Å²) in [5.74, 6) is -0.291. The molecule has 0 aliphatic rings. The van der Waals surface area contributed by atoms with Crippen LogP contribution in [0.15, 0.2) is 18.2 Å². The van der Waals surface area contributed by atoms with Crippen LogP contribution in [0, 0.1) is 0 Å². The van der Waals surface area contributed by atoms with Crippen LogP contribution in [0.3, 0.4) is 0 Å². The van der Waals surface area contributed by atoms with Crippen LogP contribution in [-0.2, 0) is 9.59 Å². The number of carboxylic acids is 1. The van der Waals surface area contributed by atoms with Crippen LogP contribution >= 0.6 is 11.8 Å². The predicted molar refractivity (Wildman–Crippen MR) is 99.1 cm³/mol. The molecule has 0 saturated heterocycles. The lowest BCUT2D eigenvalue weighted by Crippen LogP contribution is -2.42. The normalized spacial score (nSPS) is 11.3. The van der Waals surface area contributed by atoms with Crippen molar-refractivity contribution in [3.05, 3.63) is 23.8 Å². The molecule has 1 aromatic carbocycles. The molecule has 1 aromatic rings. The van der Waals surface area contributed by atoms with E-state index in [0.717, 1.165) is 0 Å². The van der Waals surface area contributed by atoms with Crippen molar-refractivity contribution in [2.45, 2.75) is 18.9 Å². The van der Waals surface area contributed by atoms with Crippen LogP contribution in [-0.4, -0.2) is 61.7 Å². The molecule has 0 saturated carbocycles. The molecule has 9 heteroatoms. The maximum atomic E-state index is 12.1. The summed E-state index contributed by atoms with van der Waals surface area (Å²) in [6.07, 6.45) is 2.20. The second kappa shape index (κ2) is 11.2. The Hall–Kier alpha value is -2.42. The van der Waals surface area contributed by atoms with Gasteiger partial charge in [0.2, 0.25) is 5.91 Å². The van der Waals surface area contributed by atoms with Gasteiger partial charge >= 0.3 is 5.97 Å². The van der Waals surface area contributed by atoms with Crippen LogP contribution < -0.4 is 20.1 Å². The fourth-order valence-corrected chi connectivity index (χ4v) is 2.60. The fourth-order valence-electron chi connectivity index (χ4n) is 2.13. The number of rotatable bonds is 11. The zero-order valence-electron chi connectivity index (χ0n) is 15.0. The van der Waals surface area contributed by atoms with Gasteiger partial charge in [0.25, 0.3) is 5.91 Å². The molecule has 2 amide bonds. The number of carbonyl (C=O) groups is 3. The smallest absolute Gasteiger partial charge is 0.326 e. The molecule has 8 nitrogen and oxygen atoms in total. The standard InChI is InChI=1S/C17H24N2O6S/c1-24-13-5-4-11(10-14(13)25-2)16(21)18-8-6-15(20)19-12(17(22)23)7-9-26-3/h4-5,10,12H,6-9H2,1-3H3,(H,18,21)(H,19,20)(H,22,23)/t12-/m0/s1. The number of carbonyl (C=O) groups excluding carboxylic acids is 2. The third-order valence-electron chi connectivity index (χ3n) is 3.53. The molecule has 0 aliphatic carbocycles. The van der Waals surface area contributed by atoms with Crippen LogP contribution in [0.5, 0.6) is 11.5 Å². The fraction of sp³-hybridized carbons (Fsp3) is 0.471. The van der Waals surface area contributed by atoms with Gasteiger partial charge in [-0.15, -0.1) is 0 Å². The van der Waals surface area contributed by atoms with Gasteiger partial charge in [-0.05, 0) is 36.6 Å². The van der Waals surface area contributed by atoms with Crippen molar-refractivity contribution in [2.75, 3.05) is 32.8 Å². The highest BCUT2D eigenvalue weighted by Gasteiger charge is 2.19. The Labute approximate surface area is 156 Å². The number of nitrogens with one attached hydrogen (secondary N) is 2. The van der Waals surface area contributed by atoms with Gasteiger partial charge in [0.05, 0.1) is 14.2 Å². The lowest BCUT2D eigenvalue weighted by molar-refractivity contribution is -0.141. The van der Waals surface area contributed by atoms with Gasteiger partial charge in [-0.1, -0.05) is 0 Å². The SMILES string of the molecule is COc1ccc(C(=O)NCCC(=O)N[C@@H](CCSC)C(=O)O)cc1OC. The zero-order valence-corrected chi connectivity index (χ0v) is 15.9. The van der Waals surface area contributed by atoms with Crippen molar-refractivity contribution in [3.63, 3.8) is 0 Å². The minimum atomic E-state index is -1.07. The molecule has 0 radical (unpaired) electrons. The summed E-state index contributed by atoms with van der Waals surface area (Å²) >= 11 is 1.51. The third kappa shape index (κ3) is 6.83. The Bertz CT molecular complexity index is 638. The maximum absolute atomic E-state index is 12.1. The summed E-state index contributed by atoms with van der Waals surface area (Å²) < 4.78 is 10.3. The van der Waals surface area contributed by atoms with E-state index in [1.54, 1.807) is 12.1 Å². The summed E-state index contributed by atoms with van der Waals surface area (Å²) in [6, 6.07) is 3.82. The number of amides is 2. The second-order valence-electron chi connectivity index (χ2n) is 5.32. The van der Waals surface area contributed by atoms with E-state index < -0.39 is 17.9 Å². The van der Waals surface area contributed by atoms with Crippen LogP contribution in [0.25, 0.3) is 0 Å². The molecule has 144 valence electrons. The van der Waals surface area contributed by atoms with E-state index in [4.69, 9.17) is 14.6 Å². The Balaban J connectivity index is 2.50. The van der Waals surface area contributed by atoms with Gasteiger partial charge in [-0.3, -0.25) is 9.59 Å². The van der Waals surface area contributed by atoms with Gasteiger partial charge in [-0.25, -0.2) is 4.79 Å². The average molecular weight is 384 g/mol. The topological polar surface area (TPSA) is 114 Å². The van der Waals surface area contributed by atoms with Crippen LogP contribution in [0.1, 0.15) is 23.2 Å². The molecule has 0 spiro atoms. The molecule has 1 rings (SSSR count). The lowest BCUT2D eigenvalue weighted by Gasteiger charge is -2.14. The number of thioether (sulfide) groups is 1. The first-order valence-electron chi connectivity index (χ1n) is 7.94. The van der Waals surface area contributed by atoms with Crippen LogP contribution in [0.2, 0.25) is 0 Å². The van der Waals surface area contributed by atoms with E-state index >= 15 is 0 Å². The molecule has 0 aromatic heterocycles. The zero-order chi connectivity index (χ0) is 19.5. The van der Waals surface area contributed by atoms with E-state index in [0.29, 0.717) is 29.2 Å². The predicted octanol–water partition coefficient (Wildman–Crippen LogP) is 1.15. The first kappa shape index (κ1) is 21.6.